The second-order valence-corrected chi connectivity index (χ2v) is 7.79. The summed E-state index contributed by atoms with van der Waals surface area (Å²) >= 11 is 1.47. The third-order valence-electron chi connectivity index (χ3n) is 4.73. The van der Waals surface area contributed by atoms with Crippen LogP contribution in [0.2, 0.25) is 0 Å². The Hall–Kier alpha value is -3.71. The molecule has 2 aromatic carbocycles. The molecule has 0 fully saturated rings. The zero-order valence-corrected chi connectivity index (χ0v) is 17.0. The Morgan fingerprint density at radius 1 is 1.10 bits per heavy atom. The Labute approximate surface area is 176 Å². The van der Waals surface area contributed by atoms with Crippen LogP contribution in [0.25, 0.3) is 27.5 Å². The van der Waals surface area contributed by atoms with E-state index in [0.717, 1.165) is 44.6 Å². The molecule has 0 aliphatic carbocycles. The van der Waals surface area contributed by atoms with Gasteiger partial charge in [-0.25, -0.2) is 9.97 Å². The number of imidazole rings is 1. The van der Waals surface area contributed by atoms with Crippen molar-refractivity contribution in [3.8, 4) is 16.5 Å². The SMILES string of the molecule is Cc1ccc(-c2nc(CC(=O)Nc3ccc(-n4cnc5ccccc54)cc3)cs2)o1. The topological polar surface area (TPSA) is 73.0 Å². The average molecular weight is 414 g/mol. The molecule has 5 aromatic rings. The van der Waals surface area contributed by atoms with Crippen LogP contribution >= 0.6 is 11.3 Å². The van der Waals surface area contributed by atoms with Crippen LogP contribution in [0.5, 0.6) is 0 Å². The Bertz CT molecular complexity index is 1330. The van der Waals surface area contributed by atoms with Gasteiger partial charge in [-0.15, -0.1) is 11.3 Å². The number of hydrogen-bond donors (Lipinski definition) is 1. The highest BCUT2D eigenvalue weighted by Crippen LogP contribution is 2.26. The Kier molecular flexibility index (Phi) is 4.65. The number of benzene rings is 2. The summed E-state index contributed by atoms with van der Waals surface area (Å²) in [6, 6.07) is 19.5. The van der Waals surface area contributed by atoms with E-state index in [1.54, 1.807) is 6.33 Å². The summed E-state index contributed by atoms with van der Waals surface area (Å²) in [5.74, 6) is 1.46. The summed E-state index contributed by atoms with van der Waals surface area (Å²) < 4.78 is 7.61. The molecule has 0 radical (unpaired) electrons. The van der Waals surface area contributed by atoms with Gasteiger partial charge in [0.2, 0.25) is 5.91 Å². The van der Waals surface area contributed by atoms with Gasteiger partial charge in [0.1, 0.15) is 12.1 Å². The number of nitrogens with zero attached hydrogens (tertiary/aromatic N) is 3. The second kappa shape index (κ2) is 7.61. The van der Waals surface area contributed by atoms with Gasteiger partial charge >= 0.3 is 0 Å². The number of para-hydroxylation sites is 2. The monoisotopic (exact) mass is 414 g/mol. The molecule has 148 valence electrons. The number of furan rings is 1. The standard InChI is InChI=1S/C23H18N4O2S/c1-15-6-11-21(29-15)23-26-17(13-30-23)12-22(28)25-16-7-9-18(10-8-16)27-14-24-19-4-2-3-5-20(19)27/h2-11,13-14H,12H2,1H3,(H,25,28). The Morgan fingerprint density at radius 2 is 1.93 bits per heavy atom. The molecule has 1 N–H and O–H groups in total. The van der Waals surface area contributed by atoms with Crippen molar-refractivity contribution >= 4 is 34.0 Å². The lowest BCUT2D eigenvalue weighted by Gasteiger charge is -2.07. The van der Waals surface area contributed by atoms with E-state index in [2.05, 4.69) is 15.3 Å². The van der Waals surface area contributed by atoms with Crippen molar-refractivity contribution in [2.45, 2.75) is 13.3 Å². The first-order chi connectivity index (χ1) is 14.7. The summed E-state index contributed by atoms with van der Waals surface area (Å²) in [4.78, 5) is 21.4. The van der Waals surface area contributed by atoms with Crippen LogP contribution in [0.15, 0.2) is 76.8 Å². The normalized spacial score (nSPS) is 11.1. The van der Waals surface area contributed by atoms with Crippen molar-refractivity contribution in [1.29, 1.82) is 0 Å². The fourth-order valence-corrected chi connectivity index (χ4v) is 4.07. The predicted molar refractivity (Wildman–Crippen MR) is 118 cm³/mol. The number of carbonyl (C=O) groups excluding carboxylic acids is 1. The minimum Gasteiger partial charge on any atom is -0.459 e. The molecule has 1 amide bonds. The molecule has 5 rings (SSSR count). The van der Waals surface area contributed by atoms with Crippen LogP contribution in [-0.2, 0) is 11.2 Å². The molecule has 0 aliphatic rings. The van der Waals surface area contributed by atoms with Crippen molar-refractivity contribution in [3.63, 3.8) is 0 Å². The number of carbonyl (C=O) groups is 1. The Morgan fingerprint density at radius 3 is 2.73 bits per heavy atom. The number of thiazole rings is 1. The van der Waals surface area contributed by atoms with Gasteiger partial charge in [-0.1, -0.05) is 12.1 Å². The lowest BCUT2D eigenvalue weighted by Crippen LogP contribution is -2.14. The number of rotatable bonds is 5. The fraction of sp³-hybridized carbons (Fsp3) is 0.0870. The summed E-state index contributed by atoms with van der Waals surface area (Å²) in [7, 11) is 0. The van der Waals surface area contributed by atoms with Gasteiger partial charge in [-0.05, 0) is 55.5 Å². The van der Waals surface area contributed by atoms with Crippen molar-refractivity contribution in [1.82, 2.24) is 14.5 Å². The molecule has 0 aliphatic heterocycles. The van der Waals surface area contributed by atoms with Gasteiger partial charge in [0.25, 0.3) is 0 Å². The van der Waals surface area contributed by atoms with Gasteiger partial charge < -0.3 is 9.73 Å². The van der Waals surface area contributed by atoms with Crippen LogP contribution in [0.3, 0.4) is 0 Å². The Balaban J connectivity index is 1.26. The molecule has 0 saturated carbocycles. The van der Waals surface area contributed by atoms with E-state index >= 15 is 0 Å². The lowest BCUT2D eigenvalue weighted by atomic mass is 10.2. The number of amides is 1. The van der Waals surface area contributed by atoms with Gasteiger partial charge in [-0.3, -0.25) is 9.36 Å². The van der Waals surface area contributed by atoms with Crippen molar-refractivity contribution in [2.24, 2.45) is 0 Å². The number of aromatic nitrogens is 3. The zero-order valence-electron chi connectivity index (χ0n) is 16.2. The maximum Gasteiger partial charge on any atom is 0.230 e. The quantitative estimate of drug-likeness (QED) is 0.427. The average Bonchev–Trinajstić information content (AvgIpc) is 3.48. The molecule has 6 nitrogen and oxygen atoms in total. The minimum absolute atomic E-state index is 0.108. The van der Waals surface area contributed by atoms with Crippen molar-refractivity contribution in [3.05, 3.63) is 83.8 Å². The summed E-state index contributed by atoms with van der Waals surface area (Å²) in [5.41, 5.74) is 4.44. The highest BCUT2D eigenvalue weighted by atomic mass is 32.1. The van der Waals surface area contributed by atoms with E-state index in [1.165, 1.54) is 11.3 Å². The van der Waals surface area contributed by atoms with Gasteiger partial charge in [-0.2, -0.15) is 0 Å². The van der Waals surface area contributed by atoms with E-state index in [4.69, 9.17) is 4.42 Å². The van der Waals surface area contributed by atoms with Crippen molar-refractivity contribution in [2.75, 3.05) is 5.32 Å². The number of anilines is 1. The smallest absolute Gasteiger partial charge is 0.230 e. The van der Waals surface area contributed by atoms with E-state index in [-0.39, 0.29) is 12.3 Å². The molecule has 0 saturated heterocycles. The molecule has 3 heterocycles. The molecule has 0 bridgehead atoms. The van der Waals surface area contributed by atoms with E-state index in [9.17, 15) is 4.79 Å². The largest absolute Gasteiger partial charge is 0.459 e. The van der Waals surface area contributed by atoms with Crippen LogP contribution in [0, 0.1) is 6.92 Å². The fourth-order valence-electron chi connectivity index (χ4n) is 3.29. The molecule has 7 heteroatoms. The first-order valence-corrected chi connectivity index (χ1v) is 10.4. The highest BCUT2D eigenvalue weighted by molar-refractivity contribution is 7.13. The van der Waals surface area contributed by atoms with E-state index in [0.29, 0.717) is 0 Å². The molecule has 0 spiro atoms. The third kappa shape index (κ3) is 3.62. The maximum atomic E-state index is 12.4. The number of hydrogen-bond acceptors (Lipinski definition) is 5. The third-order valence-corrected chi connectivity index (χ3v) is 5.63. The summed E-state index contributed by atoms with van der Waals surface area (Å²) in [5, 5.41) is 5.60. The van der Waals surface area contributed by atoms with Crippen LogP contribution in [0.4, 0.5) is 5.69 Å². The minimum atomic E-state index is -0.108. The second-order valence-electron chi connectivity index (χ2n) is 6.93. The number of nitrogens with one attached hydrogen (secondary N) is 1. The van der Waals surface area contributed by atoms with E-state index < -0.39 is 0 Å². The molecule has 3 aromatic heterocycles. The zero-order chi connectivity index (χ0) is 20.5. The van der Waals surface area contributed by atoms with Gasteiger partial charge in [0, 0.05) is 16.8 Å². The molecular weight excluding hydrogens is 396 g/mol. The maximum absolute atomic E-state index is 12.4. The number of fused-ring (bicyclic) bond motifs is 1. The molecule has 0 unspecified atom stereocenters. The first-order valence-electron chi connectivity index (χ1n) is 9.49. The predicted octanol–water partition coefficient (Wildman–Crippen LogP) is 5.23. The molecule has 30 heavy (non-hydrogen) atoms. The van der Waals surface area contributed by atoms with Gasteiger partial charge in [0.15, 0.2) is 10.8 Å². The van der Waals surface area contributed by atoms with Crippen LogP contribution < -0.4 is 5.32 Å². The summed E-state index contributed by atoms with van der Waals surface area (Å²) in [6.07, 6.45) is 2.02. The van der Waals surface area contributed by atoms with Crippen LogP contribution in [-0.4, -0.2) is 20.4 Å². The van der Waals surface area contributed by atoms with Crippen LogP contribution in [0.1, 0.15) is 11.5 Å². The first kappa shape index (κ1) is 18.3. The summed E-state index contributed by atoms with van der Waals surface area (Å²) in [6.45, 7) is 1.89. The van der Waals surface area contributed by atoms with E-state index in [1.807, 2.05) is 77.5 Å². The van der Waals surface area contributed by atoms with Gasteiger partial charge in [0.05, 0.1) is 23.1 Å². The molecule has 0 atom stereocenters. The van der Waals surface area contributed by atoms with Crippen molar-refractivity contribution < 1.29 is 9.21 Å². The number of aryl methyl sites for hydroxylation is 1. The lowest BCUT2D eigenvalue weighted by molar-refractivity contribution is -0.115. The highest BCUT2D eigenvalue weighted by Gasteiger charge is 2.12. The molecular formula is C23H18N4O2S.